The minimum absolute atomic E-state index is 0.122. The van der Waals surface area contributed by atoms with E-state index in [1.165, 1.54) is 6.33 Å². The van der Waals surface area contributed by atoms with Crippen molar-refractivity contribution >= 4 is 17.3 Å². The molecule has 8 nitrogen and oxygen atoms in total. The fraction of sp³-hybridized carbons (Fsp3) is 0.714. The summed E-state index contributed by atoms with van der Waals surface area (Å²) in [6.45, 7) is 6.98. The zero-order chi connectivity index (χ0) is 15.9. The number of rotatable bonds is 7. The van der Waals surface area contributed by atoms with Gasteiger partial charge in [-0.15, -0.1) is 0 Å². The lowest BCUT2D eigenvalue weighted by Gasteiger charge is -2.35. The molecule has 0 spiro atoms. The number of nitrogens with zero attached hydrogens (tertiary/aromatic N) is 4. The Labute approximate surface area is 131 Å². The number of hydrogen-bond donors (Lipinski definition) is 3. The molecule has 124 valence electrons. The summed E-state index contributed by atoms with van der Waals surface area (Å²) in [6, 6.07) is 0.122. The molecule has 22 heavy (non-hydrogen) atoms. The SMILES string of the molecule is COCC(C)Nc1ncnc(N2CCN(CCO)CC2)c1N. The molecule has 1 unspecified atom stereocenters. The van der Waals surface area contributed by atoms with Crippen LogP contribution in [0.2, 0.25) is 0 Å². The first-order valence-corrected chi connectivity index (χ1v) is 7.59. The second-order valence-electron chi connectivity index (χ2n) is 5.51. The lowest BCUT2D eigenvalue weighted by Crippen LogP contribution is -2.47. The number of nitrogens with two attached hydrogens (primary N) is 1. The van der Waals surface area contributed by atoms with Crippen LogP contribution < -0.4 is 16.0 Å². The van der Waals surface area contributed by atoms with Crippen LogP contribution in [0.5, 0.6) is 0 Å². The van der Waals surface area contributed by atoms with Gasteiger partial charge in [0, 0.05) is 45.9 Å². The van der Waals surface area contributed by atoms with Crippen LogP contribution in [-0.2, 0) is 4.74 Å². The predicted molar refractivity (Wildman–Crippen MR) is 87.1 cm³/mol. The Bertz CT molecular complexity index is 465. The van der Waals surface area contributed by atoms with Crippen LogP contribution in [0.25, 0.3) is 0 Å². The molecule has 1 aliphatic rings. The molecule has 0 aromatic carbocycles. The van der Waals surface area contributed by atoms with Gasteiger partial charge in [0.1, 0.15) is 12.0 Å². The fourth-order valence-corrected chi connectivity index (χ4v) is 2.60. The first kappa shape index (κ1) is 16.7. The van der Waals surface area contributed by atoms with Gasteiger partial charge < -0.3 is 25.8 Å². The van der Waals surface area contributed by atoms with Crippen LogP contribution in [0.4, 0.5) is 17.3 Å². The Hall–Kier alpha value is -1.64. The van der Waals surface area contributed by atoms with E-state index in [2.05, 4.69) is 25.1 Å². The lowest BCUT2D eigenvalue weighted by atomic mass is 10.3. The number of aliphatic hydroxyl groups is 1. The standard InChI is InChI=1S/C14H26N6O2/c1-11(9-22-2)18-13-12(15)14(17-10-16-13)20-5-3-19(4-6-20)7-8-21/h10-11,21H,3-9,15H2,1-2H3,(H,16,17,18). The highest BCUT2D eigenvalue weighted by Crippen LogP contribution is 2.27. The van der Waals surface area contributed by atoms with E-state index in [9.17, 15) is 0 Å². The number of aliphatic hydroxyl groups excluding tert-OH is 1. The molecule has 1 aromatic heterocycles. The third-order valence-electron chi connectivity index (χ3n) is 3.75. The number of piperazine rings is 1. The van der Waals surface area contributed by atoms with Gasteiger partial charge in [0.25, 0.3) is 0 Å². The summed E-state index contributed by atoms with van der Waals surface area (Å²) >= 11 is 0. The van der Waals surface area contributed by atoms with Crippen LogP contribution in [0.15, 0.2) is 6.33 Å². The molecule has 1 saturated heterocycles. The molecule has 2 rings (SSSR count). The van der Waals surface area contributed by atoms with Crippen LogP contribution in [0.1, 0.15) is 6.92 Å². The Balaban J connectivity index is 2.03. The van der Waals surface area contributed by atoms with E-state index in [1.807, 2.05) is 6.92 Å². The van der Waals surface area contributed by atoms with Crippen molar-refractivity contribution in [2.75, 3.05) is 69.0 Å². The smallest absolute Gasteiger partial charge is 0.157 e. The molecular formula is C14H26N6O2. The summed E-state index contributed by atoms with van der Waals surface area (Å²) in [5.41, 5.74) is 6.80. The number of nitrogens with one attached hydrogen (secondary N) is 1. The summed E-state index contributed by atoms with van der Waals surface area (Å²) in [6.07, 6.45) is 1.54. The zero-order valence-electron chi connectivity index (χ0n) is 13.3. The van der Waals surface area contributed by atoms with E-state index < -0.39 is 0 Å². The number of anilines is 3. The molecule has 0 amide bonds. The largest absolute Gasteiger partial charge is 0.395 e. The number of nitrogen functional groups attached to an aromatic ring is 1. The second kappa shape index (κ2) is 8.11. The average Bonchev–Trinajstić information content (AvgIpc) is 2.51. The highest BCUT2D eigenvalue weighted by atomic mass is 16.5. The topological polar surface area (TPSA) is 99.8 Å². The number of aromatic nitrogens is 2. The summed E-state index contributed by atoms with van der Waals surface area (Å²) in [5, 5.41) is 12.2. The van der Waals surface area contributed by atoms with E-state index in [1.54, 1.807) is 7.11 Å². The Morgan fingerprint density at radius 3 is 2.73 bits per heavy atom. The highest BCUT2D eigenvalue weighted by Gasteiger charge is 2.21. The highest BCUT2D eigenvalue weighted by molar-refractivity contribution is 5.75. The maximum atomic E-state index is 9.00. The maximum Gasteiger partial charge on any atom is 0.157 e. The van der Waals surface area contributed by atoms with Crippen molar-refractivity contribution < 1.29 is 9.84 Å². The minimum Gasteiger partial charge on any atom is -0.395 e. The van der Waals surface area contributed by atoms with Crippen molar-refractivity contribution in [3.8, 4) is 0 Å². The van der Waals surface area contributed by atoms with Gasteiger partial charge >= 0.3 is 0 Å². The van der Waals surface area contributed by atoms with Crippen molar-refractivity contribution in [3.63, 3.8) is 0 Å². The van der Waals surface area contributed by atoms with E-state index in [4.69, 9.17) is 15.6 Å². The lowest BCUT2D eigenvalue weighted by molar-refractivity contribution is 0.188. The minimum atomic E-state index is 0.122. The molecule has 1 atom stereocenters. The first-order chi connectivity index (χ1) is 10.7. The number of β-amino-alcohol motifs (C(OH)–C–C–N with tert-alkyl or cyclic N) is 1. The van der Waals surface area contributed by atoms with Crippen molar-refractivity contribution in [1.82, 2.24) is 14.9 Å². The Kier molecular flexibility index (Phi) is 6.17. The molecule has 1 fully saturated rings. The van der Waals surface area contributed by atoms with Gasteiger partial charge in [-0.05, 0) is 6.92 Å². The first-order valence-electron chi connectivity index (χ1n) is 7.59. The van der Waals surface area contributed by atoms with E-state index in [-0.39, 0.29) is 12.6 Å². The molecule has 0 radical (unpaired) electrons. The van der Waals surface area contributed by atoms with Crippen LogP contribution >= 0.6 is 0 Å². The summed E-state index contributed by atoms with van der Waals surface area (Å²) in [4.78, 5) is 13.0. The molecule has 0 saturated carbocycles. The molecule has 0 aliphatic carbocycles. The van der Waals surface area contributed by atoms with Crippen molar-refractivity contribution in [2.24, 2.45) is 0 Å². The van der Waals surface area contributed by atoms with Gasteiger partial charge in [0.2, 0.25) is 0 Å². The van der Waals surface area contributed by atoms with Gasteiger partial charge in [0.15, 0.2) is 11.6 Å². The van der Waals surface area contributed by atoms with E-state index in [0.717, 1.165) is 32.0 Å². The summed E-state index contributed by atoms with van der Waals surface area (Å²) in [7, 11) is 1.67. The van der Waals surface area contributed by atoms with E-state index in [0.29, 0.717) is 24.7 Å². The molecule has 4 N–H and O–H groups in total. The summed E-state index contributed by atoms with van der Waals surface area (Å²) in [5.74, 6) is 1.41. The quantitative estimate of drug-likeness (QED) is 0.627. The third-order valence-corrected chi connectivity index (χ3v) is 3.75. The maximum absolute atomic E-state index is 9.00. The number of hydrogen-bond acceptors (Lipinski definition) is 8. The molecular weight excluding hydrogens is 284 g/mol. The van der Waals surface area contributed by atoms with Gasteiger partial charge in [-0.2, -0.15) is 0 Å². The second-order valence-corrected chi connectivity index (χ2v) is 5.51. The van der Waals surface area contributed by atoms with Crippen LogP contribution in [0, 0.1) is 0 Å². The average molecular weight is 310 g/mol. The van der Waals surface area contributed by atoms with Gasteiger partial charge in [-0.25, -0.2) is 9.97 Å². The molecule has 8 heteroatoms. The van der Waals surface area contributed by atoms with Gasteiger partial charge in [-0.1, -0.05) is 0 Å². The van der Waals surface area contributed by atoms with Crippen molar-refractivity contribution in [2.45, 2.75) is 13.0 Å². The predicted octanol–water partition coefficient (Wildman–Crippen LogP) is -0.380. The van der Waals surface area contributed by atoms with Crippen molar-refractivity contribution in [3.05, 3.63) is 6.33 Å². The monoisotopic (exact) mass is 310 g/mol. The fourth-order valence-electron chi connectivity index (χ4n) is 2.60. The molecule has 1 aromatic rings. The van der Waals surface area contributed by atoms with Crippen LogP contribution in [-0.4, -0.2) is 79.1 Å². The number of ether oxygens (including phenoxy) is 1. The van der Waals surface area contributed by atoms with Crippen LogP contribution in [0.3, 0.4) is 0 Å². The normalized spacial score (nSPS) is 17.5. The third kappa shape index (κ3) is 4.19. The van der Waals surface area contributed by atoms with Gasteiger partial charge in [-0.3, -0.25) is 4.90 Å². The summed E-state index contributed by atoms with van der Waals surface area (Å²) < 4.78 is 5.11. The van der Waals surface area contributed by atoms with Crippen molar-refractivity contribution in [1.29, 1.82) is 0 Å². The zero-order valence-corrected chi connectivity index (χ0v) is 13.3. The van der Waals surface area contributed by atoms with Gasteiger partial charge in [0.05, 0.1) is 13.2 Å². The van der Waals surface area contributed by atoms with E-state index >= 15 is 0 Å². The molecule has 2 heterocycles. The molecule has 0 bridgehead atoms. The number of methoxy groups -OCH3 is 1. The molecule has 1 aliphatic heterocycles. The Morgan fingerprint density at radius 1 is 1.36 bits per heavy atom. The Morgan fingerprint density at radius 2 is 2.09 bits per heavy atom.